The lowest BCUT2D eigenvalue weighted by molar-refractivity contribution is 0.0374. The summed E-state index contributed by atoms with van der Waals surface area (Å²) in [5, 5.41) is 4.89. The van der Waals surface area contributed by atoms with Crippen LogP contribution in [0.15, 0.2) is 36.7 Å². The van der Waals surface area contributed by atoms with Crippen molar-refractivity contribution >= 4 is 16.8 Å². The summed E-state index contributed by atoms with van der Waals surface area (Å²) in [6.45, 7) is 3.54. The third-order valence-corrected chi connectivity index (χ3v) is 6.13. The molecule has 0 aliphatic carbocycles. The molecule has 2 aliphatic rings. The maximum atomic E-state index is 13.9. The molecule has 0 bridgehead atoms. The van der Waals surface area contributed by atoms with Gasteiger partial charge < -0.3 is 4.90 Å². The lowest BCUT2D eigenvalue weighted by Gasteiger charge is -2.44. The number of halogens is 1. The average molecular weight is 393 g/mol. The first-order chi connectivity index (χ1) is 14.1. The fraction of sp³-hybridized carbons (Fsp3) is 0.409. The lowest BCUT2D eigenvalue weighted by atomic mass is 9.98. The molecule has 6 nitrogen and oxygen atoms in total. The number of aryl methyl sites for hydroxylation is 1. The SMILES string of the molecule is Cn1cc(-c2cc(C(=O)N3CCN4CCCC[C@@H]4C3)c3ccc(F)cc3n2)cn1. The Labute approximate surface area is 168 Å². The van der Waals surface area contributed by atoms with Gasteiger partial charge in [-0.15, -0.1) is 0 Å². The van der Waals surface area contributed by atoms with E-state index >= 15 is 0 Å². The first-order valence-electron chi connectivity index (χ1n) is 10.2. The van der Waals surface area contributed by atoms with Gasteiger partial charge in [0.05, 0.1) is 23.0 Å². The second-order valence-electron chi connectivity index (χ2n) is 8.06. The average Bonchev–Trinajstić information content (AvgIpc) is 3.18. The third kappa shape index (κ3) is 3.40. The Morgan fingerprint density at radius 1 is 1.17 bits per heavy atom. The van der Waals surface area contributed by atoms with Crippen LogP contribution in [0.1, 0.15) is 29.6 Å². The molecule has 0 unspecified atom stereocenters. The van der Waals surface area contributed by atoms with Crippen LogP contribution >= 0.6 is 0 Å². The van der Waals surface area contributed by atoms with E-state index in [-0.39, 0.29) is 11.7 Å². The Morgan fingerprint density at radius 2 is 2.07 bits per heavy atom. The third-order valence-electron chi connectivity index (χ3n) is 6.13. The molecule has 5 rings (SSSR count). The van der Waals surface area contributed by atoms with Crippen molar-refractivity contribution in [1.29, 1.82) is 0 Å². The number of benzene rings is 1. The normalized spacial score (nSPS) is 20.1. The number of fused-ring (bicyclic) bond motifs is 2. The van der Waals surface area contributed by atoms with Crippen molar-refractivity contribution in [1.82, 2.24) is 24.6 Å². The largest absolute Gasteiger partial charge is 0.336 e. The van der Waals surface area contributed by atoms with E-state index < -0.39 is 0 Å². The molecule has 4 heterocycles. The van der Waals surface area contributed by atoms with Gasteiger partial charge in [-0.1, -0.05) is 6.42 Å². The van der Waals surface area contributed by atoms with Gasteiger partial charge in [0.15, 0.2) is 0 Å². The second-order valence-corrected chi connectivity index (χ2v) is 8.06. The number of amides is 1. The summed E-state index contributed by atoms with van der Waals surface area (Å²) in [6.07, 6.45) is 7.18. The fourth-order valence-electron chi connectivity index (χ4n) is 4.59. The molecular formula is C22H24FN5O. The van der Waals surface area contributed by atoms with Gasteiger partial charge in [0.2, 0.25) is 0 Å². The Bertz CT molecular complexity index is 1080. The van der Waals surface area contributed by atoms with Crippen molar-refractivity contribution in [3.63, 3.8) is 0 Å². The number of hydrogen-bond donors (Lipinski definition) is 0. The molecule has 29 heavy (non-hydrogen) atoms. The maximum Gasteiger partial charge on any atom is 0.254 e. The van der Waals surface area contributed by atoms with Crippen LogP contribution in [0.3, 0.4) is 0 Å². The Kier molecular flexibility index (Phi) is 4.54. The first kappa shape index (κ1) is 18.2. The van der Waals surface area contributed by atoms with Crippen LogP contribution in [0.2, 0.25) is 0 Å². The molecule has 7 heteroatoms. The summed E-state index contributed by atoms with van der Waals surface area (Å²) < 4.78 is 15.6. The molecular weight excluding hydrogens is 369 g/mol. The van der Waals surface area contributed by atoms with Crippen molar-refractivity contribution in [2.75, 3.05) is 26.2 Å². The number of nitrogens with zero attached hydrogens (tertiary/aromatic N) is 5. The summed E-state index contributed by atoms with van der Waals surface area (Å²) in [6, 6.07) is 6.72. The minimum atomic E-state index is -0.359. The molecule has 2 fully saturated rings. The van der Waals surface area contributed by atoms with E-state index in [2.05, 4.69) is 15.0 Å². The molecule has 1 amide bonds. The maximum absolute atomic E-state index is 13.9. The van der Waals surface area contributed by atoms with Crippen molar-refractivity contribution in [2.45, 2.75) is 25.3 Å². The smallest absolute Gasteiger partial charge is 0.254 e. The topological polar surface area (TPSA) is 54.3 Å². The molecule has 0 spiro atoms. The highest BCUT2D eigenvalue weighted by Gasteiger charge is 2.32. The number of carbonyl (C=O) groups is 1. The molecule has 150 valence electrons. The van der Waals surface area contributed by atoms with E-state index in [0.29, 0.717) is 28.2 Å². The van der Waals surface area contributed by atoms with E-state index in [9.17, 15) is 9.18 Å². The van der Waals surface area contributed by atoms with Gasteiger partial charge in [-0.3, -0.25) is 14.4 Å². The minimum Gasteiger partial charge on any atom is -0.336 e. The molecule has 2 aromatic heterocycles. The number of aromatic nitrogens is 3. The highest BCUT2D eigenvalue weighted by molar-refractivity contribution is 6.07. The predicted molar refractivity (Wildman–Crippen MR) is 109 cm³/mol. The summed E-state index contributed by atoms with van der Waals surface area (Å²) >= 11 is 0. The standard InChI is InChI=1S/C22H24FN5O/c1-26-13-15(12-24-26)20-11-19(18-6-5-16(23)10-21(18)25-20)22(29)28-9-8-27-7-3-2-4-17(27)14-28/h5-6,10-13,17H,2-4,7-9,14H2,1H3/t17-/m1/s1. The molecule has 0 radical (unpaired) electrons. The highest BCUT2D eigenvalue weighted by Crippen LogP contribution is 2.28. The van der Waals surface area contributed by atoms with Gasteiger partial charge in [0, 0.05) is 55.9 Å². The monoisotopic (exact) mass is 393 g/mol. The van der Waals surface area contributed by atoms with Crippen molar-refractivity contribution < 1.29 is 9.18 Å². The van der Waals surface area contributed by atoms with E-state index in [4.69, 9.17) is 0 Å². The van der Waals surface area contributed by atoms with Crippen LogP contribution in [0, 0.1) is 5.82 Å². The zero-order chi connectivity index (χ0) is 20.0. The zero-order valence-electron chi connectivity index (χ0n) is 16.5. The summed E-state index contributed by atoms with van der Waals surface area (Å²) in [4.78, 5) is 22.6. The van der Waals surface area contributed by atoms with Gasteiger partial charge in [0.1, 0.15) is 5.82 Å². The lowest BCUT2D eigenvalue weighted by Crippen LogP contribution is -2.56. The Balaban J connectivity index is 1.55. The molecule has 2 saturated heterocycles. The number of hydrogen-bond acceptors (Lipinski definition) is 4. The second kappa shape index (κ2) is 7.22. The zero-order valence-corrected chi connectivity index (χ0v) is 16.5. The van der Waals surface area contributed by atoms with Crippen molar-refractivity contribution in [3.8, 4) is 11.3 Å². The van der Waals surface area contributed by atoms with Crippen molar-refractivity contribution in [3.05, 3.63) is 48.0 Å². The summed E-state index contributed by atoms with van der Waals surface area (Å²) in [5.74, 6) is -0.359. The van der Waals surface area contributed by atoms with Crippen molar-refractivity contribution in [2.24, 2.45) is 7.05 Å². The summed E-state index contributed by atoms with van der Waals surface area (Å²) in [7, 11) is 1.83. The molecule has 0 N–H and O–H groups in total. The van der Waals surface area contributed by atoms with Crippen LogP contribution in [0.4, 0.5) is 4.39 Å². The van der Waals surface area contributed by atoms with E-state index in [0.717, 1.165) is 38.2 Å². The number of carbonyl (C=O) groups excluding carboxylic acids is 1. The van der Waals surface area contributed by atoms with Gasteiger partial charge in [-0.2, -0.15) is 5.10 Å². The molecule has 2 aliphatic heterocycles. The molecule has 3 aromatic rings. The molecule has 1 aromatic carbocycles. The predicted octanol–water partition coefficient (Wildman–Crippen LogP) is 3.08. The fourth-order valence-corrected chi connectivity index (χ4v) is 4.59. The quantitative estimate of drug-likeness (QED) is 0.671. The molecule has 1 atom stereocenters. The van der Waals surface area contributed by atoms with Gasteiger partial charge >= 0.3 is 0 Å². The van der Waals surface area contributed by atoms with Crippen LogP contribution in [-0.4, -0.2) is 62.7 Å². The highest BCUT2D eigenvalue weighted by atomic mass is 19.1. The van der Waals surface area contributed by atoms with E-state index in [1.807, 2.05) is 24.2 Å². The van der Waals surface area contributed by atoms with E-state index in [1.54, 1.807) is 16.9 Å². The van der Waals surface area contributed by atoms with Crippen LogP contribution in [-0.2, 0) is 7.05 Å². The number of piperazine rings is 1. The van der Waals surface area contributed by atoms with Gasteiger partial charge in [-0.05, 0) is 37.6 Å². The van der Waals surface area contributed by atoms with Gasteiger partial charge in [-0.25, -0.2) is 9.37 Å². The van der Waals surface area contributed by atoms with Crippen LogP contribution in [0.5, 0.6) is 0 Å². The number of pyridine rings is 1. The van der Waals surface area contributed by atoms with E-state index in [1.165, 1.54) is 25.0 Å². The summed E-state index contributed by atoms with van der Waals surface area (Å²) in [5.41, 5.74) is 2.52. The Morgan fingerprint density at radius 3 is 2.90 bits per heavy atom. The number of rotatable bonds is 2. The van der Waals surface area contributed by atoms with Crippen LogP contribution in [0.25, 0.3) is 22.2 Å². The van der Waals surface area contributed by atoms with Crippen LogP contribution < -0.4 is 0 Å². The molecule has 0 saturated carbocycles. The minimum absolute atomic E-state index is 0.000582. The van der Waals surface area contributed by atoms with Gasteiger partial charge in [0.25, 0.3) is 5.91 Å². The first-order valence-corrected chi connectivity index (χ1v) is 10.2. The Hall–Kier alpha value is -2.80. The number of piperidine rings is 1.